The Balaban J connectivity index is 0.00000300. The smallest absolute Gasteiger partial charge is 0.191 e. The van der Waals surface area contributed by atoms with Crippen molar-refractivity contribution in [1.29, 1.82) is 0 Å². The van der Waals surface area contributed by atoms with Crippen molar-refractivity contribution in [1.82, 2.24) is 20.4 Å². The van der Waals surface area contributed by atoms with Crippen molar-refractivity contribution < 1.29 is 4.42 Å². The number of nitrogens with zero attached hydrogens (tertiary/aromatic N) is 3. The Morgan fingerprint density at radius 2 is 1.79 bits per heavy atom. The first-order valence-corrected chi connectivity index (χ1v) is 10.1. The Morgan fingerprint density at radius 1 is 1.10 bits per heavy atom. The Hall–Kier alpha value is -1.58. The first kappa shape index (κ1) is 23.7. The second-order valence-electron chi connectivity index (χ2n) is 7.64. The summed E-state index contributed by atoms with van der Waals surface area (Å²) in [6.07, 6.45) is 4.27. The van der Waals surface area contributed by atoms with Gasteiger partial charge in [-0.25, -0.2) is 0 Å². The van der Waals surface area contributed by atoms with E-state index in [0.29, 0.717) is 0 Å². The second kappa shape index (κ2) is 12.2. The number of aliphatic imine (C=N–C) groups is 1. The third-order valence-corrected chi connectivity index (χ3v) is 5.12. The van der Waals surface area contributed by atoms with E-state index in [1.54, 1.807) is 6.26 Å². The first-order chi connectivity index (χ1) is 13.7. The summed E-state index contributed by atoms with van der Waals surface area (Å²) in [6.45, 7) is 4.73. The van der Waals surface area contributed by atoms with E-state index in [1.165, 1.54) is 24.0 Å². The number of furan rings is 1. The number of rotatable bonds is 8. The molecule has 1 atom stereocenters. The lowest BCUT2D eigenvalue weighted by molar-refractivity contribution is 0.215. The minimum absolute atomic E-state index is 0. The van der Waals surface area contributed by atoms with Crippen molar-refractivity contribution in [2.24, 2.45) is 4.99 Å². The zero-order chi connectivity index (χ0) is 19.8. The fourth-order valence-corrected chi connectivity index (χ4v) is 3.67. The average Bonchev–Trinajstić information content (AvgIpc) is 3.40. The van der Waals surface area contributed by atoms with Gasteiger partial charge in [0.1, 0.15) is 5.76 Å². The van der Waals surface area contributed by atoms with Gasteiger partial charge in [0.25, 0.3) is 0 Å². The number of hydrogen-bond donors (Lipinski definition) is 2. The lowest BCUT2D eigenvalue weighted by Gasteiger charge is -2.26. The highest BCUT2D eigenvalue weighted by molar-refractivity contribution is 14.0. The Bertz CT molecular complexity index is 724. The zero-order valence-corrected chi connectivity index (χ0v) is 20.1. The summed E-state index contributed by atoms with van der Waals surface area (Å²) in [5, 5.41) is 6.89. The van der Waals surface area contributed by atoms with Crippen molar-refractivity contribution in [3.63, 3.8) is 0 Å². The minimum atomic E-state index is 0. The fourth-order valence-electron chi connectivity index (χ4n) is 3.67. The van der Waals surface area contributed by atoms with Gasteiger partial charge < -0.3 is 20.0 Å². The van der Waals surface area contributed by atoms with Crippen LogP contribution < -0.4 is 10.6 Å². The Kier molecular flexibility index (Phi) is 9.96. The molecular formula is C22H34IN5O. The number of likely N-dealkylation sites (tertiary alicyclic amines) is 1. The van der Waals surface area contributed by atoms with Gasteiger partial charge in [-0.1, -0.05) is 24.3 Å². The van der Waals surface area contributed by atoms with Gasteiger partial charge in [0.2, 0.25) is 0 Å². The van der Waals surface area contributed by atoms with Crippen LogP contribution in [0, 0.1) is 0 Å². The molecule has 1 saturated heterocycles. The van der Waals surface area contributed by atoms with Gasteiger partial charge in [-0.05, 0) is 63.3 Å². The summed E-state index contributed by atoms with van der Waals surface area (Å²) in [5.74, 6) is 1.83. The monoisotopic (exact) mass is 511 g/mol. The van der Waals surface area contributed by atoms with Crippen molar-refractivity contribution in [2.45, 2.75) is 32.0 Å². The van der Waals surface area contributed by atoms with E-state index in [9.17, 15) is 0 Å². The summed E-state index contributed by atoms with van der Waals surface area (Å²) in [4.78, 5) is 9.04. The van der Waals surface area contributed by atoms with Crippen LogP contribution in [-0.4, -0.2) is 56.5 Å². The second-order valence-corrected chi connectivity index (χ2v) is 7.64. The van der Waals surface area contributed by atoms with Crippen LogP contribution in [0.3, 0.4) is 0 Å². The lowest BCUT2D eigenvalue weighted by Crippen LogP contribution is -2.42. The van der Waals surface area contributed by atoms with Crippen LogP contribution in [0.1, 0.15) is 35.8 Å². The maximum atomic E-state index is 5.70. The highest BCUT2D eigenvalue weighted by Crippen LogP contribution is 2.24. The normalized spacial score (nSPS) is 15.9. The minimum Gasteiger partial charge on any atom is -0.468 e. The third-order valence-electron chi connectivity index (χ3n) is 5.12. The van der Waals surface area contributed by atoms with E-state index in [4.69, 9.17) is 4.42 Å². The first-order valence-electron chi connectivity index (χ1n) is 10.1. The molecule has 2 N–H and O–H groups in total. The molecule has 6 nitrogen and oxygen atoms in total. The van der Waals surface area contributed by atoms with Crippen molar-refractivity contribution >= 4 is 29.9 Å². The van der Waals surface area contributed by atoms with Crippen LogP contribution in [0.4, 0.5) is 0 Å². The van der Waals surface area contributed by atoms with Gasteiger partial charge in [-0.15, -0.1) is 24.0 Å². The van der Waals surface area contributed by atoms with Crippen LogP contribution in [0.2, 0.25) is 0 Å². The Morgan fingerprint density at radius 3 is 2.38 bits per heavy atom. The number of hydrogen-bond acceptors (Lipinski definition) is 4. The predicted molar refractivity (Wildman–Crippen MR) is 130 cm³/mol. The molecule has 1 unspecified atom stereocenters. The highest BCUT2D eigenvalue weighted by atomic mass is 127. The molecule has 0 radical (unpaired) electrons. The quantitative estimate of drug-likeness (QED) is 0.323. The third kappa shape index (κ3) is 7.31. The van der Waals surface area contributed by atoms with Gasteiger partial charge in [0.05, 0.1) is 12.3 Å². The van der Waals surface area contributed by atoms with Crippen LogP contribution >= 0.6 is 24.0 Å². The summed E-state index contributed by atoms with van der Waals surface area (Å²) in [6, 6.07) is 13.0. The van der Waals surface area contributed by atoms with Crippen LogP contribution in [0.5, 0.6) is 0 Å². The zero-order valence-electron chi connectivity index (χ0n) is 17.7. The van der Waals surface area contributed by atoms with Crippen molar-refractivity contribution in [2.75, 3.05) is 40.8 Å². The average molecular weight is 511 g/mol. The molecule has 2 heterocycles. The molecule has 29 heavy (non-hydrogen) atoms. The molecule has 0 bridgehead atoms. The summed E-state index contributed by atoms with van der Waals surface area (Å²) >= 11 is 0. The number of halogens is 1. The number of benzene rings is 1. The Labute approximate surface area is 191 Å². The molecule has 160 valence electrons. The summed E-state index contributed by atoms with van der Waals surface area (Å²) in [7, 11) is 5.99. The maximum Gasteiger partial charge on any atom is 0.191 e. The SMILES string of the molecule is CN=C(NCc1ccc(CN(C)C)cc1)NCC(c1ccco1)N1CCCC1.I. The molecule has 2 aromatic rings. The molecule has 1 aromatic carbocycles. The standard InChI is InChI=1S/C22H33N5O.HI/c1-23-22(24-15-18-8-10-19(11-9-18)17-26(2)3)25-16-20(21-7-6-14-28-21)27-12-4-5-13-27;/h6-11,14,20H,4-5,12-13,15-17H2,1-3H3,(H2,23,24,25);1H. The molecule has 7 heteroatoms. The molecule has 1 aliphatic rings. The largest absolute Gasteiger partial charge is 0.468 e. The van der Waals surface area contributed by atoms with Gasteiger partial charge in [0.15, 0.2) is 5.96 Å². The topological polar surface area (TPSA) is 56.0 Å². The molecule has 0 spiro atoms. The van der Waals surface area contributed by atoms with E-state index >= 15 is 0 Å². The highest BCUT2D eigenvalue weighted by Gasteiger charge is 2.25. The van der Waals surface area contributed by atoms with E-state index < -0.39 is 0 Å². The van der Waals surface area contributed by atoms with E-state index in [2.05, 4.69) is 69.9 Å². The summed E-state index contributed by atoms with van der Waals surface area (Å²) in [5.41, 5.74) is 2.57. The van der Waals surface area contributed by atoms with Gasteiger partial charge in [-0.3, -0.25) is 9.89 Å². The van der Waals surface area contributed by atoms with E-state index in [-0.39, 0.29) is 30.0 Å². The van der Waals surface area contributed by atoms with E-state index in [1.807, 2.05) is 13.1 Å². The summed E-state index contributed by atoms with van der Waals surface area (Å²) < 4.78 is 5.70. The molecule has 1 aromatic heterocycles. The molecule has 1 aliphatic heterocycles. The van der Waals surface area contributed by atoms with Crippen LogP contribution in [-0.2, 0) is 13.1 Å². The number of guanidine groups is 1. The van der Waals surface area contributed by atoms with Crippen LogP contribution in [0.25, 0.3) is 0 Å². The van der Waals surface area contributed by atoms with E-state index in [0.717, 1.165) is 44.4 Å². The van der Waals surface area contributed by atoms with Crippen molar-refractivity contribution in [3.8, 4) is 0 Å². The molecule has 0 saturated carbocycles. The molecule has 3 rings (SSSR count). The predicted octanol–water partition coefficient (Wildman–Crippen LogP) is 3.46. The molecule has 0 aliphatic carbocycles. The van der Waals surface area contributed by atoms with Crippen molar-refractivity contribution in [3.05, 3.63) is 59.5 Å². The van der Waals surface area contributed by atoms with Gasteiger partial charge in [-0.2, -0.15) is 0 Å². The fraction of sp³-hybridized carbons (Fsp3) is 0.500. The molecule has 0 amide bonds. The molecule has 1 fully saturated rings. The van der Waals surface area contributed by atoms with Gasteiger partial charge >= 0.3 is 0 Å². The number of nitrogens with one attached hydrogen (secondary N) is 2. The molecular weight excluding hydrogens is 477 g/mol. The lowest BCUT2D eigenvalue weighted by atomic mass is 10.1. The maximum absolute atomic E-state index is 5.70. The van der Waals surface area contributed by atoms with Crippen LogP contribution in [0.15, 0.2) is 52.1 Å². The van der Waals surface area contributed by atoms with Gasteiger partial charge in [0, 0.05) is 26.7 Å².